The normalized spacial score (nSPS) is 18.8. The third kappa shape index (κ3) is 4.45. The van der Waals surface area contributed by atoms with E-state index in [4.69, 9.17) is 0 Å². The Morgan fingerprint density at radius 1 is 1.17 bits per heavy atom. The smallest absolute Gasteiger partial charge is 0.129 e. The molecule has 1 aliphatic rings. The van der Waals surface area contributed by atoms with Crippen LogP contribution >= 0.6 is 0 Å². The van der Waals surface area contributed by atoms with Crippen LogP contribution in [0.2, 0.25) is 0 Å². The van der Waals surface area contributed by atoms with Gasteiger partial charge in [-0.1, -0.05) is 0 Å². The maximum absolute atomic E-state index is 13.3. The summed E-state index contributed by atoms with van der Waals surface area (Å²) in [6, 6.07) is 5.89. The second-order valence-electron chi connectivity index (χ2n) is 6.04. The van der Waals surface area contributed by atoms with E-state index in [0.717, 1.165) is 43.5 Å². The van der Waals surface area contributed by atoms with Gasteiger partial charge in [0.15, 0.2) is 0 Å². The lowest BCUT2D eigenvalue weighted by Crippen LogP contribution is -2.41. The predicted molar refractivity (Wildman–Crippen MR) is 85.0 cm³/mol. The molecule has 1 unspecified atom stereocenters. The Labute approximate surface area is 134 Å². The predicted octanol–water partition coefficient (Wildman–Crippen LogP) is 3.14. The maximum Gasteiger partial charge on any atom is 0.129 e. The number of likely N-dealkylation sites (tertiary alicyclic amines) is 1. The maximum atomic E-state index is 13.3. The zero-order chi connectivity index (χ0) is 16.2. The molecular weight excluding hydrogens is 298 g/mol. The van der Waals surface area contributed by atoms with Crippen molar-refractivity contribution in [3.05, 3.63) is 53.5 Å². The number of halogens is 2. The van der Waals surface area contributed by atoms with Crippen molar-refractivity contribution in [2.75, 3.05) is 18.4 Å². The molecule has 1 aliphatic heterocycles. The highest BCUT2D eigenvalue weighted by Gasteiger charge is 2.20. The summed E-state index contributed by atoms with van der Waals surface area (Å²) in [5.41, 5.74) is 1.59. The number of anilines is 1. The number of hydrogen-bond donors (Lipinski definition) is 1. The van der Waals surface area contributed by atoms with Crippen LogP contribution < -0.4 is 5.32 Å². The van der Waals surface area contributed by atoms with Crippen molar-refractivity contribution in [2.24, 2.45) is 0 Å². The highest BCUT2D eigenvalue weighted by molar-refractivity contribution is 5.35. The molecule has 0 spiro atoms. The summed E-state index contributed by atoms with van der Waals surface area (Å²) in [7, 11) is 0. The van der Waals surface area contributed by atoms with Crippen molar-refractivity contribution in [2.45, 2.75) is 32.4 Å². The van der Waals surface area contributed by atoms with Gasteiger partial charge in [0.2, 0.25) is 0 Å². The molecule has 0 aliphatic carbocycles. The molecule has 1 atom stereocenters. The van der Waals surface area contributed by atoms with Crippen molar-refractivity contribution >= 4 is 5.82 Å². The van der Waals surface area contributed by atoms with Gasteiger partial charge < -0.3 is 5.32 Å². The van der Waals surface area contributed by atoms with Crippen LogP contribution in [0.4, 0.5) is 14.6 Å². The molecule has 2 heterocycles. The van der Waals surface area contributed by atoms with E-state index in [9.17, 15) is 8.78 Å². The summed E-state index contributed by atoms with van der Waals surface area (Å²) in [6.07, 6.45) is 3.64. The van der Waals surface area contributed by atoms with E-state index in [0.29, 0.717) is 12.1 Å². The van der Waals surface area contributed by atoms with E-state index < -0.39 is 11.6 Å². The van der Waals surface area contributed by atoms with Crippen LogP contribution in [-0.2, 0) is 6.54 Å². The first-order valence-corrected chi connectivity index (χ1v) is 7.81. The Morgan fingerprint density at radius 3 is 2.70 bits per heavy atom. The third-order valence-corrected chi connectivity index (χ3v) is 3.99. The van der Waals surface area contributed by atoms with Crippen LogP contribution in [0.1, 0.15) is 24.1 Å². The van der Waals surface area contributed by atoms with Crippen LogP contribution in [0.3, 0.4) is 0 Å². The largest absolute Gasteiger partial charge is 0.366 e. The molecule has 1 fully saturated rings. The number of benzene rings is 1. The quantitative estimate of drug-likeness (QED) is 0.940. The Balaban J connectivity index is 1.61. The number of piperidine rings is 1. The first kappa shape index (κ1) is 15.8. The van der Waals surface area contributed by atoms with Gasteiger partial charge in [0.1, 0.15) is 23.8 Å². The Bertz CT molecular complexity index is 657. The van der Waals surface area contributed by atoms with E-state index in [1.165, 1.54) is 12.1 Å². The van der Waals surface area contributed by atoms with Gasteiger partial charge in [-0.25, -0.2) is 18.7 Å². The molecule has 1 saturated heterocycles. The average molecular weight is 318 g/mol. The van der Waals surface area contributed by atoms with Crippen molar-refractivity contribution < 1.29 is 8.78 Å². The lowest BCUT2D eigenvalue weighted by molar-refractivity contribution is 0.208. The molecule has 0 bridgehead atoms. The summed E-state index contributed by atoms with van der Waals surface area (Å²) in [6.45, 7) is 4.23. The van der Waals surface area contributed by atoms with Crippen LogP contribution in [0, 0.1) is 18.6 Å². The number of nitrogens with one attached hydrogen (secondary N) is 1. The zero-order valence-electron chi connectivity index (χ0n) is 13.1. The molecule has 3 rings (SSSR count). The summed E-state index contributed by atoms with van der Waals surface area (Å²) in [5.74, 6) is -0.229. The van der Waals surface area contributed by atoms with Crippen LogP contribution in [0.5, 0.6) is 0 Å². The lowest BCUT2D eigenvalue weighted by atomic mass is 10.0. The number of aryl methyl sites for hydroxylation is 1. The molecule has 0 radical (unpaired) electrons. The molecule has 0 amide bonds. The minimum atomic E-state index is -0.525. The summed E-state index contributed by atoms with van der Waals surface area (Å²) >= 11 is 0. The molecule has 0 saturated carbocycles. The molecule has 1 aromatic heterocycles. The fourth-order valence-electron chi connectivity index (χ4n) is 3.02. The van der Waals surface area contributed by atoms with Gasteiger partial charge in [0, 0.05) is 37.0 Å². The lowest BCUT2D eigenvalue weighted by Gasteiger charge is -2.33. The number of hydrogen-bond acceptors (Lipinski definition) is 4. The minimum Gasteiger partial charge on any atom is -0.366 e. The number of rotatable bonds is 4. The molecule has 122 valence electrons. The zero-order valence-corrected chi connectivity index (χ0v) is 13.1. The van der Waals surface area contributed by atoms with E-state index in [2.05, 4.69) is 20.2 Å². The highest BCUT2D eigenvalue weighted by Crippen LogP contribution is 2.18. The highest BCUT2D eigenvalue weighted by atomic mass is 19.1. The van der Waals surface area contributed by atoms with E-state index >= 15 is 0 Å². The average Bonchev–Trinajstić information content (AvgIpc) is 2.46. The molecule has 4 nitrogen and oxygen atoms in total. The summed E-state index contributed by atoms with van der Waals surface area (Å²) in [4.78, 5) is 10.5. The molecule has 2 aromatic rings. The Morgan fingerprint density at radius 2 is 1.96 bits per heavy atom. The number of aromatic nitrogens is 2. The standard InChI is InChI=1S/C17H20F2N4/c1-12-5-17(21-11-20-12)22-16-3-2-4-23(10-16)9-13-6-14(18)8-15(19)7-13/h5-8,11,16H,2-4,9-10H2,1H3,(H,20,21,22). The van der Waals surface area contributed by atoms with E-state index in [1.807, 2.05) is 13.0 Å². The first-order chi connectivity index (χ1) is 11.1. The van der Waals surface area contributed by atoms with Crippen LogP contribution in [0.25, 0.3) is 0 Å². The van der Waals surface area contributed by atoms with E-state index in [1.54, 1.807) is 6.33 Å². The second kappa shape index (κ2) is 7.00. The fourth-order valence-corrected chi connectivity index (χ4v) is 3.02. The fraction of sp³-hybridized carbons (Fsp3) is 0.412. The van der Waals surface area contributed by atoms with Gasteiger partial charge >= 0.3 is 0 Å². The SMILES string of the molecule is Cc1cc(NC2CCCN(Cc3cc(F)cc(F)c3)C2)ncn1. The van der Waals surface area contributed by atoms with Crippen molar-refractivity contribution in [1.29, 1.82) is 0 Å². The van der Waals surface area contributed by atoms with Crippen molar-refractivity contribution in [3.63, 3.8) is 0 Å². The summed E-state index contributed by atoms with van der Waals surface area (Å²) in [5, 5.41) is 3.42. The van der Waals surface area contributed by atoms with E-state index in [-0.39, 0.29) is 6.04 Å². The monoisotopic (exact) mass is 318 g/mol. The first-order valence-electron chi connectivity index (χ1n) is 7.81. The molecule has 1 N–H and O–H groups in total. The van der Waals surface area contributed by atoms with Gasteiger partial charge in [0.05, 0.1) is 0 Å². The van der Waals surface area contributed by atoms with Gasteiger partial charge in [-0.05, 0) is 44.0 Å². The van der Waals surface area contributed by atoms with Crippen LogP contribution in [-0.4, -0.2) is 34.0 Å². The van der Waals surface area contributed by atoms with Gasteiger partial charge in [-0.15, -0.1) is 0 Å². The van der Waals surface area contributed by atoms with Crippen molar-refractivity contribution in [1.82, 2.24) is 14.9 Å². The molecule has 6 heteroatoms. The molecule has 23 heavy (non-hydrogen) atoms. The second-order valence-corrected chi connectivity index (χ2v) is 6.04. The van der Waals surface area contributed by atoms with Gasteiger partial charge in [-0.3, -0.25) is 4.90 Å². The molecule has 1 aromatic carbocycles. The Kier molecular flexibility index (Phi) is 4.81. The van der Waals surface area contributed by atoms with Gasteiger partial charge in [-0.2, -0.15) is 0 Å². The summed E-state index contributed by atoms with van der Waals surface area (Å²) < 4.78 is 26.6. The molecular formula is C17H20F2N4. The topological polar surface area (TPSA) is 41.0 Å². The number of nitrogens with zero attached hydrogens (tertiary/aromatic N) is 3. The van der Waals surface area contributed by atoms with Gasteiger partial charge in [0.25, 0.3) is 0 Å². The van der Waals surface area contributed by atoms with Crippen molar-refractivity contribution in [3.8, 4) is 0 Å². The van der Waals surface area contributed by atoms with Crippen LogP contribution in [0.15, 0.2) is 30.6 Å². The Hall–Kier alpha value is -2.08. The minimum absolute atomic E-state index is 0.274. The third-order valence-electron chi connectivity index (χ3n) is 3.99.